The number of carbonyl (C=O) groups excluding carboxylic acids is 3. The standard InChI is InChI=1S/C40H49NO9/c1-21(2)10-9-11-23(5)13-15-26-32(44)27(14-12-22(3)4)35-31(33(26)45)34(46)28-18-25-19-29-38(7,8)50-39(36(25)47,40(28,29)49-35)17-16-24(6)37(48)41-20-30(42)43/h10,12-13,16,18,25,29,44-45H,9,11,14-15,17,19-20H2,1-8H3,(H,41,48)(H,42,43)/b23-13+,24-16-. The number of carboxylic acids is 1. The number of allylic oxidation sites excluding steroid dienone is 7. The van der Waals surface area contributed by atoms with E-state index < -0.39 is 52.8 Å². The molecule has 0 aromatic heterocycles. The van der Waals surface area contributed by atoms with Crippen LogP contribution in [0.15, 0.2) is 58.2 Å². The van der Waals surface area contributed by atoms with Crippen LogP contribution in [0.5, 0.6) is 17.2 Å². The Bertz CT molecular complexity index is 1820. The van der Waals surface area contributed by atoms with E-state index in [9.17, 15) is 29.4 Å². The Labute approximate surface area is 293 Å². The Morgan fingerprint density at radius 2 is 1.60 bits per heavy atom. The van der Waals surface area contributed by atoms with Gasteiger partial charge in [-0.25, -0.2) is 0 Å². The molecule has 1 saturated heterocycles. The van der Waals surface area contributed by atoms with Gasteiger partial charge in [0, 0.05) is 40.5 Å². The highest BCUT2D eigenvalue weighted by Gasteiger charge is 2.81. The van der Waals surface area contributed by atoms with E-state index in [0.717, 1.165) is 24.0 Å². The lowest BCUT2D eigenvalue weighted by molar-refractivity contribution is -0.171. The van der Waals surface area contributed by atoms with E-state index in [1.165, 1.54) is 18.6 Å². The van der Waals surface area contributed by atoms with Crippen molar-refractivity contribution in [1.82, 2.24) is 5.32 Å². The average Bonchev–Trinajstić information content (AvgIpc) is 3.18. The number of Topliss-reactive ketones (excluding diaryl/α,β-unsaturated/α-hetero) is 2. The molecule has 4 atom stereocenters. The average molecular weight is 688 g/mol. The van der Waals surface area contributed by atoms with Crippen LogP contribution in [0.1, 0.15) is 103 Å². The smallest absolute Gasteiger partial charge is 0.322 e. The molecule has 268 valence electrons. The molecule has 1 saturated carbocycles. The van der Waals surface area contributed by atoms with Crippen molar-refractivity contribution in [2.75, 3.05) is 6.54 Å². The second-order valence-corrected chi connectivity index (χ2v) is 15.1. The lowest BCUT2D eigenvalue weighted by atomic mass is 9.51. The number of carboxylic acid groups (broad SMARTS) is 1. The first-order valence-corrected chi connectivity index (χ1v) is 17.3. The molecule has 3 aliphatic carbocycles. The van der Waals surface area contributed by atoms with Crippen LogP contribution in [-0.2, 0) is 32.0 Å². The fourth-order valence-corrected chi connectivity index (χ4v) is 8.10. The maximum absolute atomic E-state index is 14.8. The first-order valence-electron chi connectivity index (χ1n) is 17.3. The summed E-state index contributed by atoms with van der Waals surface area (Å²) in [4.78, 5) is 52.9. The maximum Gasteiger partial charge on any atom is 0.322 e. The van der Waals surface area contributed by atoms with Crippen LogP contribution in [0.4, 0.5) is 0 Å². The summed E-state index contributed by atoms with van der Waals surface area (Å²) in [7, 11) is 0. The molecule has 1 aromatic rings. The Morgan fingerprint density at radius 1 is 0.940 bits per heavy atom. The number of phenols is 2. The van der Waals surface area contributed by atoms with Crippen LogP contribution in [0, 0.1) is 11.8 Å². The fraction of sp³-hybridized carbons (Fsp3) is 0.500. The van der Waals surface area contributed by atoms with Gasteiger partial charge in [-0.2, -0.15) is 0 Å². The number of aliphatic carboxylic acids is 1. The van der Waals surface area contributed by atoms with Crippen LogP contribution in [0.2, 0.25) is 0 Å². The van der Waals surface area contributed by atoms with Crippen LogP contribution < -0.4 is 10.1 Å². The van der Waals surface area contributed by atoms with Crippen molar-refractivity contribution in [2.45, 2.75) is 111 Å². The minimum Gasteiger partial charge on any atom is -0.507 e. The second kappa shape index (κ2) is 13.4. The van der Waals surface area contributed by atoms with E-state index in [-0.39, 0.29) is 64.6 Å². The second-order valence-electron chi connectivity index (χ2n) is 15.1. The molecule has 6 rings (SSSR count). The summed E-state index contributed by atoms with van der Waals surface area (Å²) in [6, 6.07) is 0. The van der Waals surface area contributed by atoms with Gasteiger partial charge in [-0.1, -0.05) is 47.1 Å². The molecule has 2 fully saturated rings. The normalized spacial score (nSPS) is 26.0. The highest BCUT2D eigenvalue weighted by molar-refractivity contribution is 6.18. The summed E-state index contributed by atoms with van der Waals surface area (Å²) in [5, 5.41) is 34.9. The summed E-state index contributed by atoms with van der Waals surface area (Å²) >= 11 is 0. The quantitative estimate of drug-likeness (QED) is 0.144. The molecule has 50 heavy (non-hydrogen) atoms. The topological polar surface area (TPSA) is 159 Å². The zero-order chi connectivity index (χ0) is 36.9. The zero-order valence-corrected chi connectivity index (χ0v) is 30.3. The molecular weight excluding hydrogens is 638 g/mol. The summed E-state index contributed by atoms with van der Waals surface area (Å²) in [5.74, 6) is -4.19. The molecule has 4 bridgehead atoms. The molecule has 10 heteroatoms. The highest BCUT2D eigenvalue weighted by atomic mass is 16.6. The molecule has 0 radical (unpaired) electrons. The lowest BCUT2D eigenvalue weighted by Crippen LogP contribution is -2.72. The minimum absolute atomic E-state index is 0.0244. The largest absolute Gasteiger partial charge is 0.507 e. The number of aromatic hydroxyl groups is 2. The van der Waals surface area contributed by atoms with Crippen LogP contribution >= 0.6 is 0 Å². The van der Waals surface area contributed by atoms with Gasteiger partial charge in [-0.05, 0) is 87.5 Å². The molecule has 4 N–H and O–H groups in total. The molecular formula is C40H49NO9. The predicted octanol–water partition coefficient (Wildman–Crippen LogP) is 6.39. The summed E-state index contributed by atoms with van der Waals surface area (Å²) < 4.78 is 13.7. The Balaban J connectivity index is 1.67. The van der Waals surface area contributed by atoms with Crippen molar-refractivity contribution < 1.29 is 44.0 Å². The van der Waals surface area contributed by atoms with Gasteiger partial charge in [0.05, 0.1) is 5.60 Å². The Hall–Kier alpha value is -4.44. The number of carbonyl (C=O) groups is 4. The van der Waals surface area contributed by atoms with E-state index in [2.05, 4.69) is 11.4 Å². The number of benzene rings is 1. The number of hydrogen-bond acceptors (Lipinski definition) is 8. The highest BCUT2D eigenvalue weighted by Crippen LogP contribution is 2.68. The number of hydrogen-bond donors (Lipinski definition) is 4. The number of amides is 1. The van der Waals surface area contributed by atoms with Gasteiger partial charge in [0.1, 0.15) is 29.4 Å². The number of ketones is 2. The third-order valence-electron chi connectivity index (χ3n) is 10.6. The first kappa shape index (κ1) is 36.8. The van der Waals surface area contributed by atoms with Crippen molar-refractivity contribution in [1.29, 1.82) is 0 Å². The molecule has 5 aliphatic rings. The Kier molecular flexibility index (Phi) is 9.84. The molecule has 1 aromatic carbocycles. The van der Waals surface area contributed by atoms with E-state index in [1.807, 2.05) is 60.6 Å². The SMILES string of the molecule is CC(C)=CCC/C(C)=C/Cc1c(O)c(CC=C(C)C)c2c(c1O)C(=O)C1=CC3CC4C(C)(C)OC(C/C=C(/C)C(=O)NCC(=O)O)(C3=O)C14O2. The van der Waals surface area contributed by atoms with E-state index >= 15 is 0 Å². The van der Waals surface area contributed by atoms with Gasteiger partial charge in [0.15, 0.2) is 22.8 Å². The molecule has 4 unspecified atom stereocenters. The minimum atomic E-state index is -1.71. The molecule has 2 aliphatic heterocycles. The van der Waals surface area contributed by atoms with Gasteiger partial charge in [-0.15, -0.1) is 0 Å². The number of phenolic OH excluding ortho intramolecular Hbond substituents is 2. The third-order valence-corrected chi connectivity index (χ3v) is 10.6. The van der Waals surface area contributed by atoms with Crippen LogP contribution in [0.3, 0.4) is 0 Å². The maximum atomic E-state index is 14.8. The van der Waals surface area contributed by atoms with Crippen molar-refractivity contribution in [2.24, 2.45) is 11.8 Å². The van der Waals surface area contributed by atoms with Gasteiger partial charge < -0.3 is 30.1 Å². The van der Waals surface area contributed by atoms with Gasteiger partial charge in [0.25, 0.3) is 0 Å². The van der Waals surface area contributed by atoms with Gasteiger partial charge >= 0.3 is 5.97 Å². The van der Waals surface area contributed by atoms with E-state index in [4.69, 9.17) is 14.6 Å². The van der Waals surface area contributed by atoms with Gasteiger partial charge in [-0.3, -0.25) is 19.2 Å². The summed E-state index contributed by atoms with van der Waals surface area (Å²) in [6.07, 6.45) is 11.5. The molecule has 10 nitrogen and oxygen atoms in total. The molecule has 1 spiro atoms. The van der Waals surface area contributed by atoms with Crippen LogP contribution in [0.25, 0.3) is 0 Å². The van der Waals surface area contributed by atoms with E-state index in [0.29, 0.717) is 12.0 Å². The lowest BCUT2D eigenvalue weighted by Gasteiger charge is -2.56. The Morgan fingerprint density at radius 3 is 2.24 bits per heavy atom. The molecule has 1 amide bonds. The third kappa shape index (κ3) is 6.01. The fourth-order valence-electron chi connectivity index (χ4n) is 8.10. The van der Waals surface area contributed by atoms with Crippen molar-refractivity contribution in [3.8, 4) is 17.2 Å². The number of rotatable bonds is 12. The zero-order valence-electron chi connectivity index (χ0n) is 30.3. The number of ether oxygens (including phenoxy) is 2. The predicted molar refractivity (Wildman–Crippen MR) is 188 cm³/mol. The molecule has 2 heterocycles. The van der Waals surface area contributed by atoms with Gasteiger partial charge in [0.2, 0.25) is 5.91 Å². The van der Waals surface area contributed by atoms with Crippen molar-refractivity contribution >= 4 is 23.4 Å². The number of nitrogens with one attached hydrogen (secondary N) is 1. The summed E-state index contributed by atoms with van der Waals surface area (Å²) in [5.41, 5.74) is -0.0551. The first-order chi connectivity index (χ1) is 23.4. The summed E-state index contributed by atoms with van der Waals surface area (Å²) in [6.45, 7) is 14.6. The van der Waals surface area contributed by atoms with E-state index in [1.54, 1.807) is 6.08 Å². The number of fused-ring (bicyclic) bond motifs is 1. The monoisotopic (exact) mass is 687 g/mol. The van der Waals surface area contributed by atoms with Crippen molar-refractivity contribution in [3.05, 3.63) is 74.9 Å². The van der Waals surface area contributed by atoms with Crippen molar-refractivity contribution in [3.63, 3.8) is 0 Å². The van der Waals surface area contributed by atoms with Crippen LogP contribution in [-0.4, -0.2) is 62.1 Å².